The summed E-state index contributed by atoms with van der Waals surface area (Å²) in [6, 6.07) is -1.95. The summed E-state index contributed by atoms with van der Waals surface area (Å²) in [5.41, 5.74) is 5.26. The van der Waals surface area contributed by atoms with Crippen LogP contribution in [0.1, 0.15) is 26.2 Å². The molecule has 12 nitrogen and oxygen atoms in total. The molecule has 1 fully saturated rings. The van der Waals surface area contributed by atoms with Crippen LogP contribution in [0.15, 0.2) is 11.3 Å². The van der Waals surface area contributed by atoms with E-state index >= 15 is 0 Å². The predicted molar refractivity (Wildman–Crippen MR) is 96.8 cm³/mol. The Morgan fingerprint density at radius 1 is 1.40 bits per heavy atom. The van der Waals surface area contributed by atoms with Crippen molar-refractivity contribution in [3.8, 4) is 0 Å². The number of carboxylic acids is 2. The number of carbonyl (C=O) groups excluding carboxylic acids is 4. The topological polar surface area (TPSA) is 211 Å². The van der Waals surface area contributed by atoms with Crippen molar-refractivity contribution in [1.29, 1.82) is 0 Å². The van der Waals surface area contributed by atoms with Gasteiger partial charge in [0.05, 0.1) is 11.7 Å². The number of rotatable bonds is 9. The number of ether oxygens (including phenoxy) is 1. The van der Waals surface area contributed by atoms with Gasteiger partial charge in [-0.1, -0.05) is 0 Å². The smallest absolute Gasteiger partial charge is 0.543 e. The van der Waals surface area contributed by atoms with Crippen molar-refractivity contribution in [2.75, 3.05) is 12.4 Å². The summed E-state index contributed by atoms with van der Waals surface area (Å²) in [7, 11) is 0. The van der Waals surface area contributed by atoms with Crippen molar-refractivity contribution < 1.29 is 95.8 Å². The Labute approximate surface area is 218 Å². The van der Waals surface area contributed by atoms with Crippen LogP contribution in [0.5, 0.6) is 0 Å². The average Bonchev–Trinajstić information content (AvgIpc) is 2.62. The zero-order valence-electron chi connectivity index (χ0n) is 16.5. The zero-order valence-corrected chi connectivity index (χ0v) is 20.4. The van der Waals surface area contributed by atoms with Gasteiger partial charge < -0.3 is 36.3 Å². The van der Waals surface area contributed by atoms with Gasteiger partial charge in [-0.3, -0.25) is 24.1 Å². The van der Waals surface area contributed by atoms with Crippen LogP contribution >= 0.6 is 11.8 Å². The number of fused-ring (bicyclic) bond motifs is 1. The number of nitrogens with two attached hydrogens (primary N) is 1. The van der Waals surface area contributed by atoms with Gasteiger partial charge in [-0.15, -0.1) is 11.8 Å². The van der Waals surface area contributed by atoms with Gasteiger partial charge in [-0.2, -0.15) is 0 Å². The third-order valence-electron chi connectivity index (χ3n) is 4.24. The fourth-order valence-corrected chi connectivity index (χ4v) is 4.15. The largest absolute Gasteiger partial charge is 1.00 e. The minimum atomic E-state index is -1.56. The Kier molecular flexibility index (Phi) is 12.3. The summed E-state index contributed by atoms with van der Waals surface area (Å²) in [6.07, 6.45) is 0.338. The van der Waals surface area contributed by atoms with Gasteiger partial charge >= 0.3 is 63.3 Å². The number of β-lactam (4-membered cyclic amide) rings is 1. The van der Waals surface area contributed by atoms with Crippen LogP contribution in [0.4, 0.5) is 0 Å². The number of carboxylic acid groups (broad SMARTS) is 2. The number of amides is 2. The van der Waals surface area contributed by atoms with Crippen molar-refractivity contribution in [3.05, 3.63) is 11.3 Å². The maximum Gasteiger partial charge on any atom is 1.00 e. The van der Waals surface area contributed by atoms with E-state index in [1.807, 2.05) is 0 Å². The Morgan fingerprint density at radius 3 is 2.57 bits per heavy atom. The standard InChI is InChI=1S/C16H21N3O8S.K.H2O/c1-7(20)27-5-8-6-28-14-11(13(22)19(14)12(8)16(25)26)18-10(21)4-2-3-9(17)15(23)24;;/h9,11,14H,2-6,17H2,1H3,(H,18,21)(H,23,24)(H,25,26);;1H2/q;+1;/p-1. The molecule has 0 aromatic rings. The third kappa shape index (κ3) is 7.02. The van der Waals surface area contributed by atoms with Crippen LogP contribution in [0.3, 0.4) is 0 Å². The van der Waals surface area contributed by atoms with Crippen LogP contribution in [-0.4, -0.2) is 75.0 Å². The second kappa shape index (κ2) is 12.8. The van der Waals surface area contributed by atoms with Crippen LogP contribution in [-0.2, 0) is 28.7 Å². The summed E-state index contributed by atoms with van der Waals surface area (Å²) in [5.74, 6) is -4.17. The number of hydrogen-bond acceptors (Lipinski definition) is 9. The van der Waals surface area contributed by atoms with Crippen molar-refractivity contribution in [2.45, 2.75) is 43.6 Å². The fourth-order valence-electron chi connectivity index (χ4n) is 2.82. The first-order chi connectivity index (χ1) is 13.1. The van der Waals surface area contributed by atoms with E-state index in [4.69, 9.17) is 15.6 Å². The summed E-state index contributed by atoms with van der Waals surface area (Å²) in [6.45, 7) is 0.921. The number of carbonyl (C=O) groups is 5. The van der Waals surface area contributed by atoms with E-state index in [1.54, 1.807) is 0 Å². The molecule has 2 rings (SSSR count). The number of esters is 1. The molecule has 162 valence electrons. The molecule has 2 amide bonds. The predicted octanol–water partition coefficient (Wildman–Crippen LogP) is -6.29. The number of nitrogens with zero attached hydrogens (tertiary/aromatic N) is 1. The first-order valence-corrected chi connectivity index (χ1v) is 9.47. The van der Waals surface area contributed by atoms with Crippen LogP contribution in [0, 0.1) is 0 Å². The molecule has 0 bridgehead atoms. The number of hydrogen-bond donors (Lipinski definition) is 3. The number of aliphatic carboxylic acids is 2. The molecule has 0 radical (unpaired) electrons. The molecule has 6 N–H and O–H groups in total. The SMILES string of the molecule is CC(=O)OCC1=C(C(=O)[O-])N2C(=O)C(NC(=O)CCCC(N)C(=O)O)C2SC1.O.[K+]. The molecular formula is C16H22KN3O9S. The molecule has 2 aliphatic heterocycles. The van der Waals surface area contributed by atoms with Crippen LogP contribution < -0.4 is 67.5 Å². The van der Waals surface area contributed by atoms with Gasteiger partial charge in [0.25, 0.3) is 5.91 Å². The molecule has 30 heavy (non-hydrogen) atoms. The summed E-state index contributed by atoms with van der Waals surface area (Å²) in [5, 5.41) is 22.1. The first-order valence-electron chi connectivity index (χ1n) is 8.42. The van der Waals surface area contributed by atoms with E-state index in [0.717, 1.165) is 4.90 Å². The minimum absolute atomic E-state index is 0. The minimum Gasteiger partial charge on any atom is -0.543 e. The molecule has 0 aliphatic carbocycles. The Hall–Kier alpha value is -1.00. The van der Waals surface area contributed by atoms with Crippen LogP contribution in [0.25, 0.3) is 0 Å². The fraction of sp³-hybridized carbons (Fsp3) is 0.562. The second-order valence-electron chi connectivity index (χ2n) is 6.31. The van der Waals surface area contributed by atoms with Crippen molar-refractivity contribution in [3.63, 3.8) is 0 Å². The van der Waals surface area contributed by atoms with E-state index < -0.39 is 47.2 Å². The molecule has 3 unspecified atom stereocenters. The monoisotopic (exact) mass is 471 g/mol. The van der Waals surface area contributed by atoms with E-state index in [9.17, 15) is 29.1 Å². The van der Waals surface area contributed by atoms with Gasteiger partial charge in [0.2, 0.25) is 5.91 Å². The first kappa shape index (κ1) is 29.0. The van der Waals surface area contributed by atoms with Gasteiger partial charge in [0.15, 0.2) is 0 Å². The summed E-state index contributed by atoms with van der Waals surface area (Å²) >= 11 is 1.23. The van der Waals surface area contributed by atoms with Gasteiger partial charge in [0.1, 0.15) is 24.1 Å². The molecule has 0 spiro atoms. The van der Waals surface area contributed by atoms with E-state index in [1.165, 1.54) is 18.7 Å². The Bertz CT molecular complexity index is 745. The number of thioether (sulfide) groups is 1. The van der Waals surface area contributed by atoms with Crippen LogP contribution in [0.2, 0.25) is 0 Å². The van der Waals surface area contributed by atoms with E-state index in [0.29, 0.717) is 0 Å². The van der Waals surface area contributed by atoms with E-state index in [-0.39, 0.29) is 99.8 Å². The zero-order chi connectivity index (χ0) is 21.0. The quantitative estimate of drug-likeness (QED) is 0.164. The molecule has 2 aliphatic rings. The second-order valence-corrected chi connectivity index (χ2v) is 7.42. The molecular weight excluding hydrogens is 449 g/mol. The molecule has 2 heterocycles. The van der Waals surface area contributed by atoms with Crippen molar-refractivity contribution >= 4 is 41.5 Å². The summed E-state index contributed by atoms with van der Waals surface area (Å²) < 4.78 is 4.82. The summed E-state index contributed by atoms with van der Waals surface area (Å²) in [4.78, 5) is 58.4. The maximum absolute atomic E-state index is 12.4. The van der Waals surface area contributed by atoms with Gasteiger partial charge in [-0.25, -0.2) is 0 Å². The van der Waals surface area contributed by atoms with Crippen molar-refractivity contribution in [1.82, 2.24) is 10.2 Å². The number of nitrogens with one attached hydrogen (secondary N) is 1. The van der Waals surface area contributed by atoms with Gasteiger partial charge in [0, 0.05) is 24.7 Å². The maximum atomic E-state index is 12.4. The van der Waals surface area contributed by atoms with E-state index in [2.05, 4.69) is 5.32 Å². The normalized spacial score (nSPS) is 20.6. The molecule has 14 heteroatoms. The Balaban J connectivity index is 0.00000420. The Morgan fingerprint density at radius 2 is 2.03 bits per heavy atom. The van der Waals surface area contributed by atoms with Gasteiger partial charge in [-0.05, 0) is 12.8 Å². The molecule has 0 aromatic heterocycles. The molecule has 0 saturated carbocycles. The molecule has 0 aromatic carbocycles. The van der Waals surface area contributed by atoms with Crippen molar-refractivity contribution in [2.24, 2.45) is 5.73 Å². The average molecular weight is 472 g/mol. The molecule has 1 saturated heterocycles. The molecule has 3 atom stereocenters. The third-order valence-corrected chi connectivity index (χ3v) is 5.58.